The van der Waals surface area contributed by atoms with Crippen molar-refractivity contribution in [2.45, 2.75) is 6.10 Å². The van der Waals surface area contributed by atoms with Crippen LogP contribution in [0.15, 0.2) is 18.2 Å². The number of likely N-dealkylation sites (tertiary alicyclic amines) is 1. The van der Waals surface area contributed by atoms with Crippen molar-refractivity contribution in [1.82, 2.24) is 4.90 Å². The Morgan fingerprint density at radius 2 is 2.00 bits per heavy atom. The standard InChI is InChI=1S/C11H11F2NO3/c12-8-2-1-6(3-9(8)13)10(15)7-4-14(5-7)11(16)17/h1-3,7,10,15H,4-5H2,(H,16,17). The van der Waals surface area contributed by atoms with Gasteiger partial charge < -0.3 is 15.1 Å². The third-order valence-corrected chi connectivity index (χ3v) is 2.91. The van der Waals surface area contributed by atoms with Crippen molar-refractivity contribution in [3.05, 3.63) is 35.4 Å². The van der Waals surface area contributed by atoms with Crippen LogP contribution in [0.3, 0.4) is 0 Å². The maximum Gasteiger partial charge on any atom is 0.407 e. The summed E-state index contributed by atoms with van der Waals surface area (Å²) in [5.41, 5.74) is 0.263. The van der Waals surface area contributed by atoms with Crippen LogP contribution >= 0.6 is 0 Å². The van der Waals surface area contributed by atoms with Gasteiger partial charge in [0.05, 0.1) is 6.10 Å². The number of nitrogens with zero attached hydrogens (tertiary/aromatic N) is 1. The van der Waals surface area contributed by atoms with Crippen LogP contribution in [-0.4, -0.2) is 34.3 Å². The summed E-state index contributed by atoms with van der Waals surface area (Å²) >= 11 is 0. The van der Waals surface area contributed by atoms with Crippen molar-refractivity contribution in [2.24, 2.45) is 5.92 Å². The van der Waals surface area contributed by atoms with Gasteiger partial charge in [0.2, 0.25) is 0 Å². The van der Waals surface area contributed by atoms with Gasteiger partial charge in [-0.3, -0.25) is 0 Å². The highest BCUT2D eigenvalue weighted by Crippen LogP contribution is 2.30. The summed E-state index contributed by atoms with van der Waals surface area (Å²) < 4.78 is 25.6. The molecular weight excluding hydrogens is 232 g/mol. The predicted octanol–water partition coefficient (Wildman–Crippen LogP) is 1.61. The molecule has 2 rings (SSSR count). The Labute approximate surface area is 96.1 Å². The molecule has 0 radical (unpaired) electrons. The van der Waals surface area contributed by atoms with Gasteiger partial charge >= 0.3 is 6.09 Å². The fraction of sp³-hybridized carbons (Fsp3) is 0.364. The number of rotatable bonds is 2. The van der Waals surface area contributed by atoms with Crippen LogP contribution in [0.1, 0.15) is 11.7 Å². The van der Waals surface area contributed by atoms with Crippen molar-refractivity contribution >= 4 is 6.09 Å². The van der Waals surface area contributed by atoms with Crippen LogP contribution in [0.25, 0.3) is 0 Å². The summed E-state index contributed by atoms with van der Waals surface area (Å²) in [7, 11) is 0. The van der Waals surface area contributed by atoms with E-state index in [4.69, 9.17) is 5.11 Å². The van der Waals surface area contributed by atoms with E-state index in [1.807, 2.05) is 0 Å². The Bertz CT molecular complexity index is 446. The highest BCUT2D eigenvalue weighted by atomic mass is 19.2. The molecule has 1 atom stereocenters. The number of carbonyl (C=O) groups is 1. The smallest absolute Gasteiger partial charge is 0.407 e. The Hall–Kier alpha value is -1.69. The lowest BCUT2D eigenvalue weighted by Gasteiger charge is -2.39. The van der Waals surface area contributed by atoms with E-state index in [2.05, 4.69) is 0 Å². The fourth-order valence-corrected chi connectivity index (χ4v) is 1.84. The minimum Gasteiger partial charge on any atom is -0.465 e. The van der Waals surface area contributed by atoms with Crippen LogP contribution in [0, 0.1) is 17.6 Å². The molecule has 1 aliphatic rings. The molecule has 4 nitrogen and oxygen atoms in total. The zero-order chi connectivity index (χ0) is 12.6. The zero-order valence-corrected chi connectivity index (χ0v) is 8.81. The van der Waals surface area contributed by atoms with E-state index < -0.39 is 23.8 Å². The molecule has 0 saturated carbocycles. The van der Waals surface area contributed by atoms with Gasteiger partial charge in [-0.2, -0.15) is 0 Å². The number of carboxylic acid groups (broad SMARTS) is 1. The van der Waals surface area contributed by atoms with E-state index in [-0.39, 0.29) is 24.6 Å². The third kappa shape index (κ3) is 2.21. The number of aliphatic hydroxyl groups is 1. The van der Waals surface area contributed by atoms with Gasteiger partial charge in [0, 0.05) is 19.0 Å². The van der Waals surface area contributed by atoms with Gasteiger partial charge in [0.15, 0.2) is 11.6 Å². The lowest BCUT2D eigenvalue weighted by Crippen LogP contribution is -2.51. The molecule has 1 fully saturated rings. The van der Waals surface area contributed by atoms with Crippen LogP contribution in [0.2, 0.25) is 0 Å². The van der Waals surface area contributed by atoms with Gasteiger partial charge in [-0.05, 0) is 17.7 Å². The molecule has 0 aromatic heterocycles. The maximum absolute atomic E-state index is 12.9. The van der Waals surface area contributed by atoms with Crippen LogP contribution < -0.4 is 0 Å². The van der Waals surface area contributed by atoms with E-state index >= 15 is 0 Å². The molecule has 1 unspecified atom stereocenters. The zero-order valence-electron chi connectivity index (χ0n) is 8.81. The van der Waals surface area contributed by atoms with Crippen molar-refractivity contribution in [3.63, 3.8) is 0 Å². The second-order valence-electron chi connectivity index (χ2n) is 4.07. The van der Waals surface area contributed by atoms with Gasteiger partial charge in [-0.1, -0.05) is 6.07 Å². The first kappa shape index (κ1) is 11.8. The Balaban J connectivity index is 2.03. The number of hydrogen-bond donors (Lipinski definition) is 2. The average Bonchev–Trinajstić information content (AvgIpc) is 2.19. The van der Waals surface area contributed by atoms with Crippen molar-refractivity contribution < 1.29 is 23.8 Å². The lowest BCUT2D eigenvalue weighted by molar-refractivity contribution is 0.00264. The summed E-state index contributed by atoms with van der Waals surface area (Å²) in [6, 6.07) is 3.18. The fourth-order valence-electron chi connectivity index (χ4n) is 1.84. The molecule has 0 spiro atoms. The van der Waals surface area contributed by atoms with E-state index in [0.29, 0.717) is 0 Å². The third-order valence-electron chi connectivity index (χ3n) is 2.91. The van der Waals surface area contributed by atoms with Crippen molar-refractivity contribution in [1.29, 1.82) is 0 Å². The van der Waals surface area contributed by atoms with Crippen molar-refractivity contribution in [2.75, 3.05) is 13.1 Å². The number of aliphatic hydroxyl groups excluding tert-OH is 1. The molecule has 1 saturated heterocycles. The SMILES string of the molecule is O=C(O)N1CC(C(O)c2ccc(F)c(F)c2)C1. The van der Waals surface area contributed by atoms with E-state index in [1.54, 1.807) is 0 Å². The molecule has 0 aliphatic carbocycles. The highest BCUT2D eigenvalue weighted by molar-refractivity contribution is 5.66. The highest BCUT2D eigenvalue weighted by Gasteiger charge is 2.36. The summed E-state index contributed by atoms with van der Waals surface area (Å²) in [5, 5.41) is 18.5. The molecule has 1 aromatic carbocycles. The minimum absolute atomic E-state index is 0.204. The first-order chi connectivity index (χ1) is 7.99. The molecule has 1 heterocycles. The summed E-state index contributed by atoms with van der Waals surface area (Å²) in [6.45, 7) is 0.408. The largest absolute Gasteiger partial charge is 0.465 e. The topological polar surface area (TPSA) is 60.8 Å². The molecule has 92 valence electrons. The van der Waals surface area contributed by atoms with Gasteiger partial charge in [-0.25, -0.2) is 13.6 Å². The van der Waals surface area contributed by atoms with Crippen LogP contribution in [0.5, 0.6) is 0 Å². The Morgan fingerprint density at radius 3 is 2.53 bits per heavy atom. The molecule has 17 heavy (non-hydrogen) atoms. The normalized spacial score (nSPS) is 17.7. The predicted molar refractivity (Wildman–Crippen MR) is 54.4 cm³/mol. The van der Waals surface area contributed by atoms with Crippen molar-refractivity contribution in [3.8, 4) is 0 Å². The van der Waals surface area contributed by atoms with E-state index in [9.17, 15) is 18.7 Å². The van der Waals surface area contributed by atoms with Gasteiger partial charge in [0.1, 0.15) is 0 Å². The first-order valence-electron chi connectivity index (χ1n) is 5.10. The minimum atomic E-state index is -1.04. The Morgan fingerprint density at radius 1 is 1.35 bits per heavy atom. The number of amides is 1. The molecule has 1 aliphatic heterocycles. The molecule has 1 amide bonds. The second-order valence-corrected chi connectivity index (χ2v) is 4.07. The van der Waals surface area contributed by atoms with Crippen LogP contribution in [-0.2, 0) is 0 Å². The molecule has 1 aromatic rings. The number of hydrogen-bond acceptors (Lipinski definition) is 2. The first-order valence-corrected chi connectivity index (χ1v) is 5.10. The molecule has 2 N–H and O–H groups in total. The quantitative estimate of drug-likeness (QED) is 0.829. The molecule has 0 bridgehead atoms. The van der Waals surface area contributed by atoms with Gasteiger partial charge in [0.25, 0.3) is 0 Å². The number of benzene rings is 1. The number of halogens is 2. The van der Waals surface area contributed by atoms with Crippen LogP contribution in [0.4, 0.5) is 13.6 Å². The monoisotopic (exact) mass is 243 g/mol. The summed E-state index contributed by atoms with van der Waals surface area (Å²) in [4.78, 5) is 11.7. The lowest BCUT2D eigenvalue weighted by atomic mass is 9.89. The molecule has 6 heteroatoms. The second kappa shape index (κ2) is 4.29. The summed E-state index contributed by atoms with van der Waals surface area (Å²) in [6.07, 6.45) is -2.01. The summed E-state index contributed by atoms with van der Waals surface area (Å²) in [5.74, 6) is -2.26. The van der Waals surface area contributed by atoms with E-state index in [0.717, 1.165) is 17.0 Å². The van der Waals surface area contributed by atoms with E-state index in [1.165, 1.54) is 6.07 Å². The Kier molecular flexibility index (Phi) is 2.97. The molecular formula is C11H11F2NO3. The van der Waals surface area contributed by atoms with Gasteiger partial charge in [-0.15, -0.1) is 0 Å². The average molecular weight is 243 g/mol. The maximum atomic E-state index is 12.9.